The molecule has 1 unspecified atom stereocenters. The van der Waals surface area contributed by atoms with E-state index in [1.807, 2.05) is 6.92 Å². The Kier molecular flexibility index (Phi) is 4.53. The molecule has 106 valence electrons. The Hall–Kier alpha value is -2.14. The van der Waals surface area contributed by atoms with Gasteiger partial charge in [-0.05, 0) is 37.1 Å². The predicted molar refractivity (Wildman–Crippen MR) is 72.1 cm³/mol. The molecule has 0 aliphatic carbocycles. The van der Waals surface area contributed by atoms with Crippen molar-refractivity contribution >= 4 is 5.97 Å². The maximum Gasteiger partial charge on any atom is 0.338 e. The van der Waals surface area contributed by atoms with Crippen molar-refractivity contribution in [3.8, 4) is 0 Å². The first-order valence-electron chi connectivity index (χ1n) is 6.33. The normalized spacial score (nSPS) is 12.3. The van der Waals surface area contributed by atoms with Gasteiger partial charge in [0.25, 0.3) is 0 Å². The first kappa shape index (κ1) is 14.3. The summed E-state index contributed by atoms with van der Waals surface area (Å²) in [6.45, 7) is 2.46. The summed E-state index contributed by atoms with van der Waals surface area (Å²) in [7, 11) is 0. The molecule has 0 fully saturated rings. The molecule has 0 aliphatic rings. The second-order valence-electron chi connectivity index (χ2n) is 4.72. The van der Waals surface area contributed by atoms with E-state index < -0.39 is 5.97 Å². The lowest BCUT2D eigenvalue weighted by atomic mass is 10.1. The third-order valence-corrected chi connectivity index (χ3v) is 2.98. The molecule has 1 aromatic heterocycles. The fraction of sp³-hybridized carbons (Fsp3) is 0.267. The van der Waals surface area contributed by atoms with E-state index in [9.17, 15) is 9.18 Å². The number of halogens is 1. The van der Waals surface area contributed by atoms with Crippen LogP contribution in [0.4, 0.5) is 4.39 Å². The van der Waals surface area contributed by atoms with E-state index in [-0.39, 0.29) is 17.4 Å². The van der Waals surface area contributed by atoms with Crippen molar-refractivity contribution in [3.63, 3.8) is 0 Å². The maximum atomic E-state index is 12.8. The van der Waals surface area contributed by atoms with Crippen molar-refractivity contribution in [3.05, 3.63) is 59.3 Å². The minimum absolute atomic E-state index is 0.146. The van der Waals surface area contributed by atoms with Crippen molar-refractivity contribution in [2.45, 2.75) is 25.9 Å². The summed E-state index contributed by atoms with van der Waals surface area (Å²) in [6, 6.07) is 8.05. The lowest BCUT2D eigenvalue weighted by Gasteiger charge is -2.12. The number of carboxylic acid groups (broad SMARTS) is 1. The smallest absolute Gasteiger partial charge is 0.338 e. The number of hydrogen-bond donors (Lipinski definition) is 2. The molecule has 1 atom stereocenters. The molecule has 20 heavy (non-hydrogen) atoms. The monoisotopic (exact) mass is 277 g/mol. The molecule has 4 nitrogen and oxygen atoms in total. The third-order valence-electron chi connectivity index (χ3n) is 2.98. The first-order chi connectivity index (χ1) is 9.54. The van der Waals surface area contributed by atoms with Gasteiger partial charge in [-0.2, -0.15) is 0 Å². The number of hydrogen-bond acceptors (Lipinski definition) is 3. The molecule has 2 N–H and O–H groups in total. The van der Waals surface area contributed by atoms with Crippen LogP contribution in [0, 0.1) is 5.82 Å². The summed E-state index contributed by atoms with van der Waals surface area (Å²) in [4.78, 5) is 10.7. The SMILES string of the molecule is CC(Cc1ccc(F)cc1)NCc1cc(C(=O)O)co1. The predicted octanol–water partition coefficient (Wildman–Crippen LogP) is 2.84. The Morgan fingerprint density at radius 1 is 1.40 bits per heavy atom. The third kappa shape index (κ3) is 3.93. The highest BCUT2D eigenvalue weighted by Crippen LogP contribution is 2.09. The highest BCUT2D eigenvalue weighted by atomic mass is 19.1. The number of rotatable bonds is 6. The van der Waals surface area contributed by atoms with Crippen LogP contribution in [-0.2, 0) is 13.0 Å². The van der Waals surface area contributed by atoms with E-state index in [2.05, 4.69) is 5.32 Å². The molecule has 2 aromatic rings. The lowest BCUT2D eigenvalue weighted by Crippen LogP contribution is -2.27. The van der Waals surface area contributed by atoms with E-state index >= 15 is 0 Å². The Morgan fingerprint density at radius 3 is 2.70 bits per heavy atom. The van der Waals surface area contributed by atoms with E-state index in [1.54, 1.807) is 12.1 Å². The van der Waals surface area contributed by atoms with Crippen LogP contribution in [0.25, 0.3) is 0 Å². The highest BCUT2D eigenvalue weighted by Gasteiger charge is 2.09. The second kappa shape index (κ2) is 6.34. The average Bonchev–Trinajstić information content (AvgIpc) is 2.88. The van der Waals surface area contributed by atoms with Crippen LogP contribution in [-0.4, -0.2) is 17.1 Å². The van der Waals surface area contributed by atoms with Gasteiger partial charge < -0.3 is 14.8 Å². The van der Waals surface area contributed by atoms with Crippen molar-refractivity contribution in [2.75, 3.05) is 0 Å². The van der Waals surface area contributed by atoms with Gasteiger partial charge in [-0.1, -0.05) is 12.1 Å². The number of nitrogens with one attached hydrogen (secondary N) is 1. The molecule has 0 amide bonds. The molecule has 0 radical (unpaired) electrons. The fourth-order valence-corrected chi connectivity index (χ4v) is 1.91. The Morgan fingerprint density at radius 2 is 2.10 bits per heavy atom. The van der Waals surface area contributed by atoms with Gasteiger partial charge in [0, 0.05) is 6.04 Å². The number of carbonyl (C=O) groups is 1. The van der Waals surface area contributed by atoms with Crippen LogP contribution in [0.3, 0.4) is 0 Å². The van der Waals surface area contributed by atoms with Gasteiger partial charge in [0.05, 0.1) is 12.1 Å². The van der Waals surface area contributed by atoms with Crippen LogP contribution in [0.2, 0.25) is 0 Å². The van der Waals surface area contributed by atoms with Crippen molar-refractivity contribution < 1.29 is 18.7 Å². The van der Waals surface area contributed by atoms with Gasteiger partial charge in [0.15, 0.2) is 0 Å². The van der Waals surface area contributed by atoms with E-state index in [1.165, 1.54) is 24.5 Å². The zero-order chi connectivity index (χ0) is 14.5. The quantitative estimate of drug-likeness (QED) is 0.852. The summed E-state index contributed by atoms with van der Waals surface area (Å²) in [5, 5.41) is 12.0. The van der Waals surface area contributed by atoms with Crippen LogP contribution in [0.1, 0.15) is 28.6 Å². The molecule has 0 bridgehead atoms. The molecular weight excluding hydrogens is 261 g/mol. The molecule has 1 aromatic carbocycles. The van der Waals surface area contributed by atoms with Gasteiger partial charge in [0.2, 0.25) is 0 Å². The summed E-state index contributed by atoms with van der Waals surface area (Å²) >= 11 is 0. The molecular formula is C15H16FNO3. The maximum absolute atomic E-state index is 12.8. The zero-order valence-corrected chi connectivity index (χ0v) is 11.1. The summed E-state index contributed by atoms with van der Waals surface area (Å²) in [5.74, 6) is -0.668. The van der Waals surface area contributed by atoms with Crippen LogP contribution >= 0.6 is 0 Å². The molecule has 0 saturated heterocycles. The lowest BCUT2D eigenvalue weighted by molar-refractivity contribution is 0.0696. The van der Waals surface area contributed by atoms with Crippen LogP contribution in [0.5, 0.6) is 0 Å². The Bertz CT molecular complexity index is 577. The number of benzene rings is 1. The fourth-order valence-electron chi connectivity index (χ4n) is 1.91. The van der Waals surface area contributed by atoms with Gasteiger partial charge in [0.1, 0.15) is 17.8 Å². The van der Waals surface area contributed by atoms with Gasteiger partial charge in [-0.25, -0.2) is 9.18 Å². The van der Waals surface area contributed by atoms with Crippen LogP contribution < -0.4 is 5.32 Å². The largest absolute Gasteiger partial charge is 0.478 e. The molecule has 0 aliphatic heterocycles. The Balaban J connectivity index is 1.83. The molecule has 5 heteroatoms. The summed E-state index contributed by atoms with van der Waals surface area (Å²) in [5.41, 5.74) is 1.19. The van der Waals surface area contributed by atoms with Gasteiger partial charge in [-0.3, -0.25) is 0 Å². The van der Waals surface area contributed by atoms with Crippen LogP contribution in [0.15, 0.2) is 41.0 Å². The number of furan rings is 1. The molecule has 1 heterocycles. The standard InChI is InChI=1S/C15H16FNO3/c1-10(6-11-2-4-13(16)5-3-11)17-8-14-7-12(9-20-14)15(18)19/h2-5,7,9-10,17H,6,8H2,1H3,(H,18,19). The van der Waals surface area contributed by atoms with Gasteiger partial charge in [-0.15, -0.1) is 0 Å². The van der Waals surface area contributed by atoms with Gasteiger partial charge >= 0.3 is 5.97 Å². The van der Waals surface area contributed by atoms with Crippen molar-refractivity contribution in [1.29, 1.82) is 0 Å². The zero-order valence-electron chi connectivity index (χ0n) is 11.1. The topological polar surface area (TPSA) is 62.5 Å². The van der Waals surface area contributed by atoms with Crippen molar-refractivity contribution in [2.24, 2.45) is 0 Å². The molecule has 0 spiro atoms. The summed E-state index contributed by atoms with van der Waals surface area (Å²) in [6.07, 6.45) is 1.98. The minimum Gasteiger partial charge on any atom is -0.478 e. The molecule has 2 rings (SSSR count). The minimum atomic E-state index is -1.00. The number of carboxylic acids is 1. The average molecular weight is 277 g/mol. The highest BCUT2D eigenvalue weighted by molar-refractivity contribution is 5.87. The molecule has 0 saturated carbocycles. The second-order valence-corrected chi connectivity index (χ2v) is 4.72. The summed E-state index contributed by atoms with van der Waals surface area (Å²) < 4.78 is 17.9. The van der Waals surface area contributed by atoms with E-state index in [0.29, 0.717) is 12.3 Å². The number of aromatic carboxylic acids is 1. The van der Waals surface area contributed by atoms with Crippen molar-refractivity contribution in [1.82, 2.24) is 5.32 Å². The Labute approximate surface area is 116 Å². The van der Waals surface area contributed by atoms with E-state index in [0.717, 1.165) is 12.0 Å². The first-order valence-corrected chi connectivity index (χ1v) is 6.33. The van der Waals surface area contributed by atoms with E-state index in [4.69, 9.17) is 9.52 Å².